The summed E-state index contributed by atoms with van der Waals surface area (Å²) in [4.78, 5) is 1.96. The second-order valence-electron chi connectivity index (χ2n) is 5.72. The highest BCUT2D eigenvalue weighted by atomic mass is 19.4. The first-order valence-corrected chi connectivity index (χ1v) is 7.55. The lowest BCUT2D eigenvalue weighted by molar-refractivity contribution is -0.139. The number of benzene rings is 2. The van der Waals surface area contributed by atoms with E-state index in [0.717, 1.165) is 11.1 Å². The van der Waals surface area contributed by atoms with Crippen LogP contribution in [0.15, 0.2) is 60.7 Å². The van der Waals surface area contributed by atoms with Crippen molar-refractivity contribution in [2.75, 3.05) is 6.54 Å². The van der Waals surface area contributed by atoms with E-state index in [-0.39, 0.29) is 6.54 Å². The fourth-order valence-corrected chi connectivity index (χ4v) is 2.56. The topological polar surface area (TPSA) is 29.3 Å². The third kappa shape index (κ3) is 6.84. The molecule has 0 saturated heterocycles. The number of rotatable bonds is 7. The standard InChI is InChI=1S/C18H21F3N2/c19-18(20,21)11-17(22)14-23(12-15-7-3-1-4-8-15)13-16-9-5-2-6-10-16/h1-10,17H,11-14,22H2. The summed E-state index contributed by atoms with van der Waals surface area (Å²) < 4.78 is 37.5. The smallest absolute Gasteiger partial charge is 0.326 e. The highest BCUT2D eigenvalue weighted by Gasteiger charge is 2.31. The molecule has 0 fully saturated rings. The zero-order chi connectivity index (χ0) is 16.7. The molecule has 0 heterocycles. The summed E-state index contributed by atoms with van der Waals surface area (Å²) in [5, 5.41) is 0. The first-order valence-electron chi connectivity index (χ1n) is 7.55. The van der Waals surface area contributed by atoms with Crippen molar-refractivity contribution < 1.29 is 13.2 Å². The summed E-state index contributed by atoms with van der Waals surface area (Å²) in [5.74, 6) is 0. The molecule has 5 heteroatoms. The van der Waals surface area contributed by atoms with Crippen molar-refractivity contribution in [2.24, 2.45) is 5.73 Å². The molecule has 2 rings (SSSR count). The summed E-state index contributed by atoms with van der Waals surface area (Å²) >= 11 is 0. The highest BCUT2D eigenvalue weighted by molar-refractivity contribution is 5.17. The van der Waals surface area contributed by atoms with Gasteiger partial charge in [-0.1, -0.05) is 60.7 Å². The van der Waals surface area contributed by atoms with Gasteiger partial charge in [0.1, 0.15) is 0 Å². The van der Waals surface area contributed by atoms with Crippen molar-refractivity contribution in [1.82, 2.24) is 4.90 Å². The van der Waals surface area contributed by atoms with E-state index in [1.807, 2.05) is 65.6 Å². The van der Waals surface area contributed by atoms with E-state index in [9.17, 15) is 13.2 Å². The van der Waals surface area contributed by atoms with Crippen LogP contribution < -0.4 is 5.73 Å². The minimum absolute atomic E-state index is 0.198. The molecule has 0 radical (unpaired) electrons. The number of nitrogens with zero attached hydrogens (tertiary/aromatic N) is 1. The Balaban J connectivity index is 2.04. The first kappa shape index (κ1) is 17.5. The fourth-order valence-electron chi connectivity index (χ4n) is 2.56. The molecule has 1 unspecified atom stereocenters. The SMILES string of the molecule is NC(CN(Cc1ccccc1)Cc1ccccc1)CC(F)(F)F. The van der Waals surface area contributed by atoms with Gasteiger partial charge in [-0.05, 0) is 11.1 Å². The summed E-state index contributed by atoms with van der Waals surface area (Å²) in [6.45, 7) is 1.34. The molecule has 2 N–H and O–H groups in total. The molecule has 0 bridgehead atoms. The number of halogens is 3. The van der Waals surface area contributed by atoms with Crippen LogP contribution >= 0.6 is 0 Å². The van der Waals surface area contributed by atoms with Gasteiger partial charge < -0.3 is 5.73 Å². The van der Waals surface area contributed by atoms with Gasteiger partial charge in [0.05, 0.1) is 6.42 Å². The summed E-state index contributed by atoms with van der Waals surface area (Å²) in [5.41, 5.74) is 7.82. The lowest BCUT2D eigenvalue weighted by atomic mass is 10.1. The van der Waals surface area contributed by atoms with E-state index in [1.165, 1.54) is 0 Å². The van der Waals surface area contributed by atoms with E-state index in [2.05, 4.69) is 0 Å². The Bertz CT molecular complexity index is 528. The molecule has 2 aromatic rings. The molecule has 0 saturated carbocycles. The Hall–Kier alpha value is -1.85. The first-order chi connectivity index (χ1) is 10.9. The Morgan fingerprint density at radius 3 is 1.65 bits per heavy atom. The molecule has 0 aliphatic heterocycles. The maximum atomic E-state index is 12.5. The predicted octanol–water partition coefficient (Wildman–Crippen LogP) is 3.97. The van der Waals surface area contributed by atoms with Crippen LogP contribution in [0.5, 0.6) is 0 Å². The maximum absolute atomic E-state index is 12.5. The van der Waals surface area contributed by atoms with Gasteiger partial charge in [0, 0.05) is 25.7 Å². The van der Waals surface area contributed by atoms with Gasteiger partial charge in [0.15, 0.2) is 0 Å². The second kappa shape index (κ2) is 8.13. The lowest BCUT2D eigenvalue weighted by Crippen LogP contribution is -2.39. The third-order valence-electron chi connectivity index (χ3n) is 3.48. The Kier molecular flexibility index (Phi) is 6.19. The van der Waals surface area contributed by atoms with Gasteiger partial charge in [-0.25, -0.2) is 0 Å². The van der Waals surface area contributed by atoms with Crippen LogP contribution in [0.4, 0.5) is 13.2 Å². The average Bonchev–Trinajstić information content (AvgIpc) is 2.47. The van der Waals surface area contributed by atoms with Gasteiger partial charge in [0.25, 0.3) is 0 Å². The Labute approximate surface area is 134 Å². The van der Waals surface area contributed by atoms with Gasteiger partial charge in [-0.15, -0.1) is 0 Å². The normalized spacial score (nSPS) is 13.3. The van der Waals surface area contributed by atoms with E-state index in [1.54, 1.807) is 0 Å². The van der Waals surface area contributed by atoms with Gasteiger partial charge >= 0.3 is 6.18 Å². The van der Waals surface area contributed by atoms with Gasteiger partial charge in [0.2, 0.25) is 0 Å². The minimum Gasteiger partial charge on any atom is -0.326 e. The van der Waals surface area contributed by atoms with Gasteiger partial charge in [-0.2, -0.15) is 13.2 Å². The molecule has 2 nitrogen and oxygen atoms in total. The molecular formula is C18H21F3N2. The quantitative estimate of drug-likeness (QED) is 0.836. The third-order valence-corrected chi connectivity index (χ3v) is 3.48. The largest absolute Gasteiger partial charge is 0.390 e. The number of nitrogens with two attached hydrogens (primary N) is 1. The average molecular weight is 322 g/mol. The van der Waals surface area contributed by atoms with E-state index < -0.39 is 18.6 Å². The number of alkyl halides is 3. The van der Waals surface area contributed by atoms with Crippen LogP contribution in [0, 0.1) is 0 Å². The van der Waals surface area contributed by atoms with Crippen LogP contribution in [0.3, 0.4) is 0 Å². The van der Waals surface area contributed by atoms with Crippen molar-refractivity contribution in [3.05, 3.63) is 71.8 Å². The molecule has 23 heavy (non-hydrogen) atoms. The summed E-state index contributed by atoms with van der Waals surface area (Å²) in [6, 6.07) is 18.5. The van der Waals surface area contributed by atoms with Crippen LogP contribution in [-0.2, 0) is 13.1 Å². The van der Waals surface area contributed by atoms with Crippen LogP contribution in [-0.4, -0.2) is 23.7 Å². The molecule has 0 aliphatic rings. The van der Waals surface area contributed by atoms with Gasteiger partial charge in [-0.3, -0.25) is 4.90 Å². The van der Waals surface area contributed by atoms with Crippen LogP contribution in [0.2, 0.25) is 0 Å². The fraction of sp³-hybridized carbons (Fsp3) is 0.333. The Morgan fingerprint density at radius 1 is 0.826 bits per heavy atom. The van der Waals surface area contributed by atoms with Crippen molar-refractivity contribution in [3.8, 4) is 0 Å². The highest BCUT2D eigenvalue weighted by Crippen LogP contribution is 2.21. The second-order valence-corrected chi connectivity index (χ2v) is 5.72. The summed E-state index contributed by atoms with van der Waals surface area (Å²) in [6.07, 6.45) is -5.20. The lowest BCUT2D eigenvalue weighted by Gasteiger charge is -2.26. The monoisotopic (exact) mass is 322 g/mol. The van der Waals surface area contributed by atoms with Crippen molar-refractivity contribution in [2.45, 2.75) is 31.7 Å². The summed E-state index contributed by atoms with van der Waals surface area (Å²) in [7, 11) is 0. The zero-order valence-electron chi connectivity index (χ0n) is 12.8. The van der Waals surface area contributed by atoms with Crippen LogP contribution in [0.1, 0.15) is 17.5 Å². The minimum atomic E-state index is -4.23. The number of hydrogen-bond donors (Lipinski definition) is 1. The predicted molar refractivity (Wildman–Crippen MR) is 85.6 cm³/mol. The molecular weight excluding hydrogens is 301 g/mol. The van der Waals surface area contributed by atoms with E-state index in [4.69, 9.17) is 5.73 Å². The molecule has 124 valence electrons. The van der Waals surface area contributed by atoms with E-state index >= 15 is 0 Å². The molecule has 0 spiro atoms. The van der Waals surface area contributed by atoms with Crippen molar-refractivity contribution in [1.29, 1.82) is 0 Å². The van der Waals surface area contributed by atoms with E-state index in [0.29, 0.717) is 13.1 Å². The molecule has 0 aromatic heterocycles. The molecule has 2 aromatic carbocycles. The van der Waals surface area contributed by atoms with Crippen molar-refractivity contribution in [3.63, 3.8) is 0 Å². The zero-order valence-corrected chi connectivity index (χ0v) is 12.8. The number of hydrogen-bond acceptors (Lipinski definition) is 2. The Morgan fingerprint density at radius 2 is 1.26 bits per heavy atom. The molecule has 0 aliphatic carbocycles. The van der Waals surface area contributed by atoms with Crippen molar-refractivity contribution >= 4 is 0 Å². The van der Waals surface area contributed by atoms with Crippen LogP contribution in [0.25, 0.3) is 0 Å². The molecule has 0 amide bonds. The molecule has 1 atom stereocenters. The maximum Gasteiger partial charge on any atom is 0.390 e.